The number of fused-ring (bicyclic) bond motifs is 1. The second kappa shape index (κ2) is 4.03. The van der Waals surface area contributed by atoms with E-state index in [1.54, 1.807) is 12.1 Å². The first-order valence-electron chi connectivity index (χ1n) is 4.91. The lowest BCUT2D eigenvalue weighted by molar-refractivity contribution is -0.116. The number of carbonyl (C=O) groups is 2. The number of hydrogen-bond donors (Lipinski definition) is 3. The molecule has 0 unspecified atom stereocenters. The van der Waals surface area contributed by atoms with Gasteiger partial charge in [-0.3, -0.25) is 9.59 Å². The molecule has 16 heavy (non-hydrogen) atoms. The van der Waals surface area contributed by atoms with Crippen LogP contribution in [0.2, 0.25) is 0 Å². The summed E-state index contributed by atoms with van der Waals surface area (Å²) in [5.41, 5.74) is 1.76. The van der Waals surface area contributed by atoms with Gasteiger partial charge in [0.15, 0.2) is 0 Å². The van der Waals surface area contributed by atoms with Crippen LogP contribution in [0.15, 0.2) is 18.2 Å². The highest BCUT2D eigenvalue weighted by Crippen LogP contribution is 2.23. The van der Waals surface area contributed by atoms with Gasteiger partial charge in [-0.15, -0.1) is 0 Å². The normalized spacial score (nSPS) is 14.6. The van der Waals surface area contributed by atoms with E-state index in [0.717, 1.165) is 5.56 Å². The number of hydrogen-bond acceptors (Lipinski definition) is 4. The molecule has 1 aliphatic rings. The number of amides is 1. The summed E-state index contributed by atoms with van der Waals surface area (Å²) in [4.78, 5) is 22.4. The molecule has 0 bridgehead atoms. The van der Waals surface area contributed by atoms with Crippen molar-refractivity contribution in [1.29, 1.82) is 0 Å². The SMILES string of the molecule is O=C1CCc2cc(C(=O)C(O)O)ccc2N1. The minimum Gasteiger partial charge on any atom is -0.362 e. The maximum absolute atomic E-state index is 11.3. The molecular weight excluding hydrogens is 210 g/mol. The number of aliphatic hydroxyl groups is 2. The highest BCUT2D eigenvalue weighted by atomic mass is 16.5. The van der Waals surface area contributed by atoms with Gasteiger partial charge < -0.3 is 15.5 Å². The Morgan fingerprint density at radius 2 is 2.06 bits per heavy atom. The first-order chi connectivity index (χ1) is 7.58. The Morgan fingerprint density at radius 3 is 2.75 bits per heavy atom. The summed E-state index contributed by atoms with van der Waals surface area (Å²) in [5, 5.41) is 20.2. The first-order valence-corrected chi connectivity index (χ1v) is 4.91. The second-order valence-electron chi connectivity index (χ2n) is 3.66. The first kappa shape index (κ1) is 10.8. The minimum absolute atomic E-state index is 0.0474. The van der Waals surface area contributed by atoms with Crippen LogP contribution >= 0.6 is 0 Å². The van der Waals surface area contributed by atoms with Gasteiger partial charge in [-0.1, -0.05) is 0 Å². The van der Waals surface area contributed by atoms with Crippen molar-refractivity contribution in [2.24, 2.45) is 0 Å². The molecule has 5 heteroatoms. The number of ketones is 1. The van der Waals surface area contributed by atoms with Crippen molar-refractivity contribution >= 4 is 17.4 Å². The number of Topliss-reactive ketones (excluding diaryl/α,β-unsaturated/α-hetero) is 1. The monoisotopic (exact) mass is 221 g/mol. The smallest absolute Gasteiger partial charge is 0.224 e. The van der Waals surface area contributed by atoms with Crippen LogP contribution in [0.1, 0.15) is 22.3 Å². The molecule has 0 spiro atoms. The Morgan fingerprint density at radius 1 is 1.31 bits per heavy atom. The lowest BCUT2D eigenvalue weighted by atomic mass is 9.99. The second-order valence-corrected chi connectivity index (χ2v) is 3.66. The van der Waals surface area contributed by atoms with Crippen molar-refractivity contribution in [3.05, 3.63) is 29.3 Å². The average Bonchev–Trinajstić information content (AvgIpc) is 2.27. The van der Waals surface area contributed by atoms with E-state index in [1.807, 2.05) is 0 Å². The third-order valence-corrected chi connectivity index (χ3v) is 2.52. The third-order valence-electron chi connectivity index (χ3n) is 2.52. The average molecular weight is 221 g/mol. The molecule has 3 N–H and O–H groups in total. The van der Waals surface area contributed by atoms with Crippen LogP contribution in [0, 0.1) is 0 Å². The van der Waals surface area contributed by atoms with E-state index in [0.29, 0.717) is 18.5 Å². The van der Waals surface area contributed by atoms with Crippen molar-refractivity contribution in [3.63, 3.8) is 0 Å². The van der Waals surface area contributed by atoms with E-state index < -0.39 is 12.1 Å². The maximum Gasteiger partial charge on any atom is 0.224 e. The lowest BCUT2D eigenvalue weighted by Crippen LogP contribution is -2.22. The summed E-state index contributed by atoms with van der Waals surface area (Å²) < 4.78 is 0. The van der Waals surface area contributed by atoms with Gasteiger partial charge in [0.05, 0.1) is 0 Å². The minimum atomic E-state index is -1.99. The maximum atomic E-state index is 11.3. The summed E-state index contributed by atoms with van der Waals surface area (Å²) in [6.45, 7) is 0. The van der Waals surface area contributed by atoms with Crippen LogP contribution in [-0.2, 0) is 11.2 Å². The summed E-state index contributed by atoms with van der Waals surface area (Å²) in [5.74, 6) is -0.784. The van der Waals surface area contributed by atoms with E-state index in [9.17, 15) is 9.59 Å². The number of carbonyl (C=O) groups excluding carboxylic acids is 2. The van der Waals surface area contributed by atoms with Gasteiger partial charge in [0, 0.05) is 17.7 Å². The van der Waals surface area contributed by atoms with Gasteiger partial charge in [-0.2, -0.15) is 0 Å². The fraction of sp³-hybridized carbons (Fsp3) is 0.273. The summed E-state index contributed by atoms with van der Waals surface area (Å²) >= 11 is 0. The molecule has 0 saturated heterocycles. The van der Waals surface area contributed by atoms with E-state index in [-0.39, 0.29) is 11.5 Å². The van der Waals surface area contributed by atoms with Crippen LogP contribution in [0.5, 0.6) is 0 Å². The van der Waals surface area contributed by atoms with E-state index >= 15 is 0 Å². The molecule has 1 aromatic carbocycles. The van der Waals surface area contributed by atoms with Crippen LogP contribution in [0.25, 0.3) is 0 Å². The number of aliphatic hydroxyl groups excluding tert-OH is 1. The van der Waals surface area contributed by atoms with Gasteiger partial charge in [-0.25, -0.2) is 0 Å². The van der Waals surface area contributed by atoms with Gasteiger partial charge in [-0.05, 0) is 30.2 Å². The molecule has 1 aliphatic heterocycles. The fourth-order valence-corrected chi connectivity index (χ4v) is 1.69. The summed E-state index contributed by atoms with van der Waals surface area (Å²) in [6.07, 6.45) is -1.05. The van der Waals surface area contributed by atoms with Crippen molar-refractivity contribution in [3.8, 4) is 0 Å². The number of anilines is 1. The Balaban J connectivity index is 2.33. The quantitative estimate of drug-likeness (QED) is 0.487. The number of benzene rings is 1. The van der Waals surface area contributed by atoms with Gasteiger partial charge in [0.25, 0.3) is 0 Å². The predicted octanol–water partition coefficient (Wildman–Crippen LogP) is 0.0647. The Kier molecular flexibility index (Phi) is 2.72. The largest absolute Gasteiger partial charge is 0.362 e. The molecule has 84 valence electrons. The molecule has 0 aliphatic carbocycles. The molecule has 0 atom stereocenters. The lowest BCUT2D eigenvalue weighted by Gasteiger charge is -2.17. The van der Waals surface area contributed by atoms with Gasteiger partial charge in [0.1, 0.15) is 0 Å². The topological polar surface area (TPSA) is 86.6 Å². The molecule has 2 rings (SSSR count). The molecule has 0 fully saturated rings. The fourth-order valence-electron chi connectivity index (χ4n) is 1.69. The van der Waals surface area contributed by atoms with Crippen LogP contribution in [-0.4, -0.2) is 28.2 Å². The van der Waals surface area contributed by atoms with Crippen molar-refractivity contribution in [1.82, 2.24) is 0 Å². The number of aryl methyl sites for hydroxylation is 1. The zero-order valence-electron chi connectivity index (χ0n) is 8.43. The zero-order valence-corrected chi connectivity index (χ0v) is 8.43. The Hall–Kier alpha value is -1.72. The highest BCUT2D eigenvalue weighted by molar-refractivity contribution is 6.00. The number of rotatable bonds is 2. The van der Waals surface area contributed by atoms with E-state index in [2.05, 4.69) is 5.32 Å². The van der Waals surface area contributed by atoms with Crippen molar-refractivity contribution in [2.75, 3.05) is 5.32 Å². The molecule has 1 heterocycles. The molecule has 0 radical (unpaired) electrons. The highest BCUT2D eigenvalue weighted by Gasteiger charge is 2.19. The van der Waals surface area contributed by atoms with Crippen LogP contribution < -0.4 is 5.32 Å². The molecule has 5 nitrogen and oxygen atoms in total. The van der Waals surface area contributed by atoms with Crippen molar-refractivity contribution in [2.45, 2.75) is 19.1 Å². The van der Waals surface area contributed by atoms with E-state index in [4.69, 9.17) is 10.2 Å². The van der Waals surface area contributed by atoms with E-state index in [1.165, 1.54) is 6.07 Å². The molecular formula is C11H11NO4. The standard InChI is InChI=1S/C11H11NO4/c13-9-4-2-6-5-7(10(14)11(15)16)1-3-8(6)12-9/h1,3,5,11,15-16H,2,4H2,(H,12,13). The Bertz CT molecular complexity index is 453. The zero-order chi connectivity index (χ0) is 11.7. The van der Waals surface area contributed by atoms with Gasteiger partial charge in [0.2, 0.25) is 18.0 Å². The van der Waals surface area contributed by atoms with Gasteiger partial charge >= 0.3 is 0 Å². The van der Waals surface area contributed by atoms with Crippen LogP contribution in [0.3, 0.4) is 0 Å². The summed E-state index contributed by atoms with van der Waals surface area (Å²) in [6, 6.07) is 4.64. The van der Waals surface area contributed by atoms with Crippen molar-refractivity contribution < 1.29 is 19.8 Å². The molecule has 0 saturated carbocycles. The number of nitrogens with one attached hydrogen (secondary N) is 1. The molecule has 1 amide bonds. The third kappa shape index (κ3) is 1.95. The Labute approximate surface area is 91.7 Å². The summed E-state index contributed by atoms with van der Waals surface area (Å²) in [7, 11) is 0. The predicted molar refractivity (Wildman–Crippen MR) is 55.9 cm³/mol. The molecule has 0 aromatic heterocycles. The van der Waals surface area contributed by atoms with Crippen LogP contribution in [0.4, 0.5) is 5.69 Å². The molecule has 1 aromatic rings.